The summed E-state index contributed by atoms with van der Waals surface area (Å²) in [5.74, 6) is -0.709. The normalized spacial score (nSPS) is 36.8. The third-order valence-corrected chi connectivity index (χ3v) is 3.78. The molecule has 2 fully saturated rings. The molecule has 0 saturated carbocycles. The van der Waals surface area contributed by atoms with E-state index in [0.29, 0.717) is 0 Å². The third kappa shape index (κ3) is 2.36. The van der Waals surface area contributed by atoms with Crippen LogP contribution in [-0.2, 0) is 14.2 Å². The van der Waals surface area contributed by atoms with Crippen LogP contribution < -0.4 is 0 Å². The molecule has 2 aliphatic heterocycles. The van der Waals surface area contributed by atoms with Crippen molar-refractivity contribution in [3.63, 3.8) is 0 Å². The summed E-state index contributed by atoms with van der Waals surface area (Å²) in [6.07, 6.45) is -2.52. The van der Waals surface area contributed by atoms with Crippen molar-refractivity contribution in [1.82, 2.24) is 0 Å². The second-order valence-electron chi connectivity index (χ2n) is 5.75. The van der Waals surface area contributed by atoms with Gasteiger partial charge in [0.05, 0.1) is 6.61 Å². The Morgan fingerprint density at radius 1 is 1.15 bits per heavy atom. The Morgan fingerprint density at radius 3 is 2.45 bits per heavy atom. The van der Waals surface area contributed by atoms with Crippen LogP contribution in [0.3, 0.4) is 0 Å². The Balaban J connectivity index is 1.89. The van der Waals surface area contributed by atoms with Crippen LogP contribution >= 0.6 is 0 Å². The molecule has 110 valence electrons. The van der Waals surface area contributed by atoms with E-state index in [1.807, 2.05) is 44.2 Å². The number of ether oxygens (including phenoxy) is 3. The second kappa shape index (κ2) is 5.09. The molecule has 2 aliphatic rings. The Bertz CT molecular complexity index is 461. The van der Waals surface area contributed by atoms with Gasteiger partial charge in [0.15, 0.2) is 5.79 Å². The molecule has 2 heterocycles. The number of aliphatic hydroxyl groups is 2. The highest BCUT2D eigenvalue weighted by atomic mass is 16.8. The molecule has 5 heteroatoms. The SMILES string of the molecule is CC1(C)O[C@H]2[C@H]([C@H](O)CO)O[C@@H](c3ccccc3)[C@H]2O1. The fourth-order valence-corrected chi connectivity index (χ4v) is 2.95. The molecule has 0 amide bonds. The highest BCUT2D eigenvalue weighted by Gasteiger charge is 2.57. The number of hydrogen-bond acceptors (Lipinski definition) is 5. The average molecular weight is 280 g/mol. The summed E-state index contributed by atoms with van der Waals surface area (Å²) in [5.41, 5.74) is 0.983. The molecule has 1 aromatic rings. The molecule has 0 aromatic heterocycles. The van der Waals surface area contributed by atoms with Crippen LogP contribution in [0.5, 0.6) is 0 Å². The third-order valence-electron chi connectivity index (χ3n) is 3.78. The fourth-order valence-electron chi connectivity index (χ4n) is 2.95. The van der Waals surface area contributed by atoms with Gasteiger partial charge >= 0.3 is 0 Å². The largest absolute Gasteiger partial charge is 0.394 e. The number of hydrogen-bond donors (Lipinski definition) is 2. The molecule has 5 atom stereocenters. The second-order valence-corrected chi connectivity index (χ2v) is 5.75. The van der Waals surface area contributed by atoms with Crippen molar-refractivity contribution in [3.8, 4) is 0 Å². The van der Waals surface area contributed by atoms with E-state index in [4.69, 9.17) is 14.2 Å². The predicted molar refractivity (Wildman–Crippen MR) is 71.0 cm³/mol. The van der Waals surface area contributed by atoms with Gasteiger partial charge in [0.1, 0.15) is 30.5 Å². The van der Waals surface area contributed by atoms with Crippen LogP contribution in [-0.4, -0.2) is 47.0 Å². The average Bonchev–Trinajstić information content (AvgIpc) is 2.92. The molecule has 0 aliphatic carbocycles. The van der Waals surface area contributed by atoms with Crippen molar-refractivity contribution >= 4 is 0 Å². The van der Waals surface area contributed by atoms with Gasteiger partial charge in [-0.2, -0.15) is 0 Å². The Labute approximate surface area is 118 Å². The fraction of sp³-hybridized carbons (Fsp3) is 0.600. The summed E-state index contributed by atoms with van der Waals surface area (Å²) in [7, 11) is 0. The minimum Gasteiger partial charge on any atom is -0.394 e. The first-order chi connectivity index (χ1) is 9.52. The van der Waals surface area contributed by atoms with Gasteiger partial charge in [-0.25, -0.2) is 0 Å². The molecule has 2 N–H and O–H groups in total. The molecule has 1 aromatic carbocycles. The predicted octanol–water partition coefficient (Wildman–Crippen LogP) is 1.000. The smallest absolute Gasteiger partial charge is 0.164 e. The summed E-state index contributed by atoms with van der Waals surface area (Å²) in [6.45, 7) is 3.32. The van der Waals surface area contributed by atoms with Crippen molar-refractivity contribution < 1.29 is 24.4 Å². The maximum absolute atomic E-state index is 9.93. The highest BCUT2D eigenvalue weighted by molar-refractivity contribution is 5.22. The van der Waals surface area contributed by atoms with Crippen LogP contribution in [0.15, 0.2) is 30.3 Å². The van der Waals surface area contributed by atoms with E-state index in [2.05, 4.69) is 0 Å². The van der Waals surface area contributed by atoms with Crippen molar-refractivity contribution in [3.05, 3.63) is 35.9 Å². The van der Waals surface area contributed by atoms with Crippen LogP contribution in [0, 0.1) is 0 Å². The zero-order valence-corrected chi connectivity index (χ0v) is 11.6. The lowest BCUT2D eigenvalue weighted by atomic mass is 10.00. The standard InChI is InChI=1S/C15H20O5/c1-15(2)19-13-11(9-6-4-3-5-7-9)18-12(10(17)8-16)14(13)20-15/h3-7,10-14,16-17H,8H2,1-2H3/t10-,11+,12+,13-,14+/m1/s1. The van der Waals surface area contributed by atoms with Crippen molar-refractivity contribution in [2.75, 3.05) is 6.61 Å². The van der Waals surface area contributed by atoms with E-state index in [9.17, 15) is 10.2 Å². The molecule has 0 bridgehead atoms. The maximum Gasteiger partial charge on any atom is 0.164 e. The zero-order valence-electron chi connectivity index (χ0n) is 11.6. The van der Waals surface area contributed by atoms with E-state index >= 15 is 0 Å². The first-order valence-corrected chi connectivity index (χ1v) is 6.87. The monoisotopic (exact) mass is 280 g/mol. The molecule has 0 radical (unpaired) electrons. The zero-order chi connectivity index (χ0) is 14.3. The molecule has 20 heavy (non-hydrogen) atoms. The number of benzene rings is 1. The highest BCUT2D eigenvalue weighted by Crippen LogP contribution is 2.45. The van der Waals surface area contributed by atoms with Crippen molar-refractivity contribution in [2.45, 2.75) is 50.2 Å². The number of rotatable bonds is 3. The van der Waals surface area contributed by atoms with Crippen LogP contribution in [0.1, 0.15) is 25.5 Å². The van der Waals surface area contributed by atoms with Gasteiger partial charge < -0.3 is 24.4 Å². The van der Waals surface area contributed by atoms with Crippen LogP contribution in [0.2, 0.25) is 0 Å². The van der Waals surface area contributed by atoms with Gasteiger partial charge in [-0.1, -0.05) is 30.3 Å². The van der Waals surface area contributed by atoms with E-state index in [1.165, 1.54) is 0 Å². The molecule has 5 nitrogen and oxygen atoms in total. The van der Waals surface area contributed by atoms with Gasteiger partial charge in [-0.3, -0.25) is 0 Å². The first kappa shape index (κ1) is 14.0. The lowest BCUT2D eigenvalue weighted by Crippen LogP contribution is -2.40. The molecular formula is C15H20O5. The lowest BCUT2D eigenvalue weighted by molar-refractivity contribution is -0.200. The molecule has 0 spiro atoms. The first-order valence-electron chi connectivity index (χ1n) is 6.87. The maximum atomic E-state index is 9.93. The van der Waals surface area contributed by atoms with Gasteiger partial charge in [-0.15, -0.1) is 0 Å². The number of aliphatic hydroxyl groups excluding tert-OH is 2. The minimum atomic E-state index is -0.978. The van der Waals surface area contributed by atoms with E-state index in [0.717, 1.165) is 5.56 Å². The van der Waals surface area contributed by atoms with Gasteiger partial charge in [-0.05, 0) is 19.4 Å². The minimum absolute atomic E-state index is 0.279. The molecule has 0 unspecified atom stereocenters. The van der Waals surface area contributed by atoms with Gasteiger partial charge in [0.25, 0.3) is 0 Å². The van der Waals surface area contributed by atoms with Crippen LogP contribution in [0.25, 0.3) is 0 Å². The van der Waals surface area contributed by atoms with E-state index < -0.39 is 18.0 Å². The van der Waals surface area contributed by atoms with Gasteiger partial charge in [0, 0.05) is 0 Å². The van der Waals surface area contributed by atoms with E-state index in [1.54, 1.807) is 0 Å². The molecule has 2 saturated heterocycles. The Hall–Kier alpha value is -0.980. The summed E-state index contributed by atoms with van der Waals surface area (Å²) in [6, 6.07) is 9.73. The van der Waals surface area contributed by atoms with Crippen molar-refractivity contribution in [1.29, 1.82) is 0 Å². The summed E-state index contributed by atoms with van der Waals surface area (Å²) >= 11 is 0. The molecular weight excluding hydrogens is 260 g/mol. The van der Waals surface area contributed by atoms with Crippen LogP contribution in [0.4, 0.5) is 0 Å². The topological polar surface area (TPSA) is 68.2 Å². The Kier molecular flexibility index (Phi) is 3.56. The van der Waals surface area contributed by atoms with Crippen molar-refractivity contribution in [2.24, 2.45) is 0 Å². The number of fused-ring (bicyclic) bond motifs is 1. The molecule has 3 rings (SSSR count). The summed E-state index contributed by atoms with van der Waals surface area (Å²) in [5, 5.41) is 19.1. The lowest BCUT2D eigenvalue weighted by Gasteiger charge is -2.26. The summed E-state index contributed by atoms with van der Waals surface area (Å²) < 4.78 is 17.7. The van der Waals surface area contributed by atoms with E-state index in [-0.39, 0.29) is 24.9 Å². The summed E-state index contributed by atoms with van der Waals surface area (Å²) in [4.78, 5) is 0. The van der Waals surface area contributed by atoms with Gasteiger partial charge in [0.2, 0.25) is 0 Å². The Morgan fingerprint density at radius 2 is 1.80 bits per heavy atom. The quantitative estimate of drug-likeness (QED) is 0.864.